The molecule has 0 bridgehead atoms. The molecule has 0 aromatic heterocycles. The van der Waals surface area contributed by atoms with Crippen LogP contribution in [0.2, 0.25) is 0 Å². The van der Waals surface area contributed by atoms with Crippen LogP contribution in [0.4, 0.5) is 0 Å². The monoisotopic (exact) mass is 251 g/mol. The Hall–Kier alpha value is -1.06. The summed E-state index contributed by atoms with van der Waals surface area (Å²) < 4.78 is 5.42. The Kier molecular flexibility index (Phi) is 6.76. The van der Waals surface area contributed by atoms with Gasteiger partial charge in [-0.25, -0.2) is 0 Å². The fraction of sp³-hybridized carbons (Fsp3) is 0.600. The first kappa shape index (κ1) is 15.0. The molecule has 2 atom stereocenters. The van der Waals surface area contributed by atoms with Gasteiger partial charge in [0.2, 0.25) is 0 Å². The maximum absolute atomic E-state index is 8.86. The second-order valence-corrected chi connectivity index (χ2v) is 4.75. The predicted molar refractivity (Wildman–Crippen MR) is 74.9 cm³/mol. The Morgan fingerprint density at radius 2 is 1.89 bits per heavy atom. The van der Waals surface area contributed by atoms with Crippen molar-refractivity contribution in [3.63, 3.8) is 0 Å². The van der Waals surface area contributed by atoms with Crippen LogP contribution >= 0.6 is 0 Å². The zero-order chi connectivity index (χ0) is 13.4. The highest BCUT2D eigenvalue weighted by molar-refractivity contribution is 5.28. The van der Waals surface area contributed by atoms with E-state index in [0.717, 1.165) is 18.7 Å². The minimum atomic E-state index is 0.264. The van der Waals surface area contributed by atoms with E-state index in [1.165, 1.54) is 5.56 Å². The Morgan fingerprint density at radius 3 is 2.44 bits per heavy atom. The zero-order valence-corrected chi connectivity index (χ0v) is 11.6. The minimum Gasteiger partial charge on any atom is -0.494 e. The number of ether oxygens (including phenoxy) is 1. The quantitative estimate of drug-likeness (QED) is 0.746. The van der Waals surface area contributed by atoms with Crippen LogP contribution in [-0.4, -0.2) is 24.9 Å². The van der Waals surface area contributed by atoms with Gasteiger partial charge in [0.15, 0.2) is 0 Å². The van der Waals surface area contributed by atoms with Crippen molar-refractivity contribution in [1.82, 2.24) is 5.32 Å². The van der Waals surface area contributed by atoms with Gasteiger partial charge in [0.25, 0.3) is 0 Å². The van der Waals surface area contributed by atoms with E-state index >= 15 is 0 Å². The highest BCUT2D eigenvalue weighted by Crippen LogP contribution is 2.17. The van der Waals surface area contributed by atoms with Crippen LogP contribution < -0.4 is 10.1 Å². The van der Waals surface area contributed by atoms with E-state index < -0.39 is 0 Å². The first-order valence-corrected chi connectivity index (χ1v) is 6.74. The summed E-state index contributed by atoms with van der Waals surface area (Å²) in [5.41, 5.74) is 1.26. The fourth-order valence-corrected chi connectivity index (χ4v) is 1.84. The van der Waals surface area contributed by atoms with Crippen molar-refractivity contribution < 1.29 is 9.84 Å². The number of aliphatic hydroxyl groups excluding tert-OH is 1. The lowest BCUT2D eigenvalue weighted by Crippen LogP contribution is -2.24. The van der Waals surface area contributed by atoms with E-state index in [-0.39, 0.29) is 6.61 Å². The number of aliphatic hydroxyl groups is 1. The smallest absolute Gasteiger partial charge is 0.119 e. The van der Waals surface area contributed by atoms with Crippen LogP contribution in [0.1, 0.15) is 38.8 Å². The van der Waals surface area contributed by atoms with Gasteiger partial charge < -0.3 is 15.2 Å². The Morgan fingerprint density at radius 1 is 1.22 bits per heavy atom. The van der Waals surface area contributed by atoms with Crippen molar-refractivity contribution in [3.05, 3.63) is 29.8 Å². The van der Waals surface area contributed by atoms with Gasteiger partial charge in [-0.2, -0.15) is 0 Å². The van der Waals surface area contributed by atoms with Gasteiger partial charge >= 0.3 is 0 Å². The highest BCUT2D eigenvalue weighted by atomic mass is 16.5. The summed E-state index contributed by atoms with van der Waals surface area (Å²) in [6.45, 7) is 8.18. The van der Waals surface area contributed by atoms with Gasteiger partial charge in [-0.15, -0.1) is 0 Å². The Labute approximate surface area is 110 Å². The molecule has 18 heavy (non-hydrogen) atoms. The Balaban J connectivity index is 2.43. The number of rotatable bonds is 8. The molecule has 0 radical (unpaired) electrons. The van der Waals surface area contributed by atoms with Crippen LogP contribution in [0, 0.1) is 5.92 Å². The van der Waals surface area contributed by atoms with E-state index in [0.29, 0.717) is 18.6 Å². The lowest BCUT2D eigenvalue weighted by atomic mass is 10.1. The molecule has 0 amide bonds. The molecule has 0 fully saturated rings. The molecule has 3 nitrogen and oxygen atoms in total. The van der Waals surface area contributed by atoms with Crippen LogP contribution in [0.25, 0.3) is 0 Å². The van der Waals surface area contributed by atoms with Gasteiger partial charge in [0, 0.05) is 12.6 Å². The lowest BCUT2D eigenvalue weighted by molar-refractivity contribution is 0.258. The van der Waals surface area contributed by atoms with Gasteiger partial charge in [-0.3, -0.25) is 0 Å². The van der Waals surface area contributed by atoms with E-state index in [9.17, 15) is 0 Å². The van der Waals surface area contributed by atoms with Crippen molar-refractivity contribution in [1.29, 1.82) is 0 Å². The van der Waals surface area contributed by atoms with Crippen molar-refractivity contribution >= 4 is 0 Å². The normalized spacial score (nSPS) is 14.2. The second-order valence-electron chi connectivity index (χ2n) is 4.75. The Bertz CT molecular complexity index is 324. The summed E-state index contributed by atoms with van der Waals surface area (Å²) in [4.78, 5) is 0. The second kappa shape index (κ2) is 8.11. The van der Waals surface area contributed by atoms with E-state index in [4.69, 9.17) is 9.84 Å². The van der Waals surface area contributed by atoms with Gasteiger partial charge in [0.1, 0.15) is 5.75 Å². The first-order chi connectivity index (χ1) is 8.67. The molecule has 2 unspecified atom stereocenters. The van der Waals surface area contributed by atoms with Crippen LogP contribution in [0.3, 0.4) is 0 Å². The highest BCUT2D eigenvalue weighted by Gasteiger charge is 2.07. The topological polar surface area (TPSA) is 41.5 Å². The molecule has 2 N–H and O–H groups in total. The molecule has 102 valence electrons. The molecule has 0 aliphatic carbocycles. The van der Waals surface area contributed by atoms with Crippen molar-refractivity contribution in [2.24, 2.45) is 5.92 Å². The number of hydrogen-bond acceptors (Lipinski definition) is 3. The van der Waals surface area contributed by atoms with Gasteiger partial charge in [0.05, 0.1) is 6.61 Å². The van der Waals surface area contributed by atoms with Crippen molar-refractivity contribution in [2.45, 2.75) is 33.2 Å². The van der Waals surface area contributed by atoms with Crippen molar-refractivity contribution in [2.75, 3.05) is 19.8 Å². The molecule has 1 aromatic rings. The molecule has 1 rings (SSSR count). The van der Waals surface area contributed by atoms with Gasteiger partial charge in [-0.1, -0.05) is 19.1 Å². The van der Waals surface area contributed by atoms with E-state index in [1.54, 1.807) is 0 Å². The predicted octanol–water partition coefficient (Wildman–Crippen LogP) is 2.75. The third-order valence-corrected chi connectivity index (χ3v) is 3.09. The fourth-order valence-electron chi connectivity index (χ4n) is 1.84. The zero-order valence-electron chi connectivity index (χ0n) is 11.6. The maximum atomic E-state index is 8.86. The average Bonchev–Trinajstić information content (AvgIpc) is 2.37. The average molecular weight is 251 g/mol. The minimum absolute atomic E-state index is 0.264. The molecular formula is C15H25NO2. The third-order valence-electron chi connectivity index (χ3n) is 3.09. The lowest BCUT2D eigenvalue weighted by Gasteiger charge is -2.18. The summed E-state index contributed by atoms with van der Waals surface area (Å²) >= 11 is 0. The molecule has 3 heteroatoms. The summed E-state index contributed by atoms with van der Waals surface area (Å²) in [5, 5.41) is 12.3. The van der Waals surface area contributed by atoms with E-state index in [2.05, 4.69) is 31.3 Å². The number of hydrogen-bond donors (Lipinski definition) is 2. The molecule has 0 aliphatic heterocycles. The van der Waals surface area contributed by atoms with Crippen LogP contribution in [0.5, 0.6) is 5.75 Å². The SMILES string of the molecule is CCOc1ccc(C(C)NCC(C)CCO)cc1. The number of nitrogens with one attached hydrogen (secondary N) is 1. The molecule has 0 heterocycles. The molecule has 0 saturated heterocycles. The van der Waals surface area contributed by atoms with Crippen LogP contribution in [0.15, 0.2) is 24.3 Å². The molecular weight excluding hydrogens is 226 g/mol. The number of benzene rings is 1. The van der Waals surface area contributed by atoms with Crippen LogP contribution in [-0.2, 0) is 0 Å². The van der Waals surface area contributed by atoms with E-state index in [1.807, 2.05) is 19.1 Å². The van der Waals surface area contributed by atoms with Gasteiger partial charge in [-0.05, 0) is 50.4 Å². The molecule has 1 aromatic carbocycles. The third kappa shape index (κ3) is 5.07. The molecule has 0 spiro atoms. The standard InChI is InChI=1S/C15H25NO2/c1-4-18-15-7-5-14(6-8-15)13(3)16-11-12(2)9-10-17/h5-8,12-13,16-17H,4,9-11H2,1-3H3. The first-order valence-electron chi connectivity index (χ1n) is 6.74. The summed E-state index contributed by atoms with van der Waals surface area (Å²) in [6, 6.07) is 8.53. The van der Waals surface area contributed by atoms with Crippen molar-refractivity contribution in [3.8, 4) is 5.75 Å². The summed E-state index contributed by atoms with van der Waals surface area (Å²) in [5.74, 6) is 1.42. The molecule has 0 aliphatic rings. The largest absolute Gasteiger partial charge is 0.494 e. The summed E-state index contributed by atoms with van der Waals surface area (Å²) in [6.07, 6.45) is 0.850. The molecule has 0 saturated carbocycles. The summed E-state index contributed by atoms with van der Waals surface area (Å²) in [7, 11) is 0. The maximum Gasteiger partial charge on any atom is 0.119 e.